The van der Waals surface area contributed by atoms with E-state index in [9.17, 15) is 4.79 Å². The van der Waals surface area contributed by atoms with Gasteiger partial charge in [-0.05, 0) is 12.1 Å². The third-order valence-corrected chi connectivity index (χ3v) is 4.30. The van der Waals surface area contributed by atoms with Gasteiger partial charge in [0.15, 0.2) is 5.16 Å². The number of hydrogen-bond donors (Lipinski definition) is 1. The summed E-state index contributed by atoms with van der Waals surface area (Å²) in [5.41, 5.74) is 1.11. The number of carbonyl (C=O) groups excluding carboxylic acids is 1. The van der Waals surface area contributed by atoms with Crippen LogP contribution < -0.4 is 10.2 Å². The predicted molar refractivity (Wildman–Crippen MR) is 87.4 cm³/mol. The van der Waals surface area contributed by atoms with E-state index in [0.717, 1.165) is 29.9 Å². The first kappa shape index (κ1) is 14.6. The zero-order valence-electron chi connectivity index (χ0n) is 12.1. The number of carbonyl (C=O) groups is 1. The Bertz CT molecular complexity index is 670. The maximum atomic E-state index is 11.6. The van der Waals surface area contributed by atoms with Crippen LogP contribution >= 0.6 is 11.8 Å². The molecule has 1 amide bonds. The van der Waals surface area contributed by atoms with Crippen molar-refractivity contribution in [1.82, 2.24) is 20.1 Å². The van der Waals surface area contributed by atoms with E-state index in [1.807, 2.05) is 18.2 Å². The Morgan fingerprint density at radius 1 is 1.32 bits per heavy atom. The van der Waals surface area contributed by atoms with Crippen molar-refractivity contribution in [2.75, 3.05) is 23.7 Å². The summed E-state index contributed by atoms with van der Waals surface area (Å²) in [6.45, 7) is 5.75. The van der Waals surface area contributed by atoms with Gasteiger partial charge in [-0.2, -0.15) is 0 Å². The highest BCUT2D eigenvalue weighted by Gasteiger charge is 2.26. The van der Waals surface area contributed by atoms with Crippen LogP contribution in [0.2, 0.25) is 0 Å². The zero-order chi connectivity index (χ0) is 15.4. The number of fused-ring (bicyclic) bond motifs is 1. The van der Waals surface area contributed by atoms with Crippen molar-refractivity contribution in [3.05, 3.63) is 43.0 Å². The Hall–Kier alpha value is -2.28. The molecule has 0 radical (unpaired) electrons. The number of benzene rings is 1. The van der Waals surface area contributed by atoms with Gasteiger partial charge in [-0.25, -0.2) is 0 Å². The van der Waals surface area contributed by atoms with Crippen molar-refractivity contribution in [1.29, 1.82) is 0 Å². The lowest BCUT2D eigenvalue weighted by Crippen LogP contribution is -2.25. The SMILES string of the molecule is C=CCNC(=O)CSc1nnc2n1CCN2c1ccccc1. The monoisotopic (exact) mass is 315 g/mol. The molecule has 1 N–H and O–H groups in total. The van der Waals surface area contributed by atoms with Crippen LogP contribution in [0.4, 0.5) is 11.6 Å². The second-order valence-electron chi connectivity index (χ2n) is 4.80. The van der Waals surface area contributed by atoms with Gasteiger partial charge < -0.3 is 10.2 Å². The number of para-hydroxylation sites is 1. The molecule has 114 valence electrons. The van der Waals surface area contributed by atoms with E-state index < -0.39 is 0 Å². The molecule has 2 heterocycles. The van der Waals surface area contributed by atoms with Gasteiger partial charge in [-0.15, -0.1) is 16.8 Å². The normalized spacial score (nSPS) is 13.0. The Labute approximate surface area is 133 Å². The molecule has 6 nitrogen and oxygen atoms in total. The maximum Gasteiger partial charge on any atom is 0.232 e. The molecule has 1 aliphatic heterocycles. The quantitative estimate of drug-likeness (QED) is 0.651. The highest BCUT2D eigenvalue weighted by atomic mass is 32.2. The lowest BCUT2D eigenvalue weighted by atomic mass is 10.3. The smallest absolute Gasteiger partial charge is 0.232 e. The summed E-state index contributed by atoms with van der Waals surface area (Å²) in [7, 11) is 0. The number of anilines is 2. The molecule has 0 spiro atoms. The fourth-order valence-electron chi connectivity index (χ4n) is 2.30. The van der Waals surface area contributed by atoms with Gasteiger partial charge in [0, 0.05) is 25.3 Å². The molecule has 0 fully saturated rings. The van der Waals surface area contributed by atoms with Gasteiger partial charge >= 0.3 is 0 Å². The summed E-state index contributed by atoms with van der Waals surface area (Å²) >= 11 is 1.40. The van der Waals surface area contributed by atoms with Crippen molar-refractivity contribution in [2.24, 2.45) is 0 Å². The highest BCUT2D eigenvalue weighted by Crippen LogP contribution is 2.31. The average Bonchev–Trinajstić information content (AvgIpc) is 3.13. The second kappa shape index (κ2) is 6.65. The average molecular weight is 315 g/mol. The number of thioether (sulfide) groups is 1. The Kier molecular flexibility index (Phi) is 4.43. The number of hydrogen-bond acceptors (Lipinski definition) is 5. The molecule has 0 saturated carbocycles. The summed E-state index contributed by atoms with van der Waals surface area (Å²) in [5, 5.41) is 12.0. The molecular formula is C15H17N5OS. The van der Waals surface area contributed by atoms with Gasteiger partial charge in [0.2, 0.25) is 11.9 Å². The van der Waals surface area contributed by atoms with Crippen molar-refractivity contribution in [2.45, 2.75) is 11.7 Å². The van der Waals surface area contributed by atoms with Crippen molar-refractivity contribution < 1.29 is 4.79 Å². The lowest BCUT2D eigenvalue weighted by molar-refractivity contribution is -0.118. The summed E-state index contributed by atoms with van der Waals surface area (Å²) < 4.78 is 2.05. The standard InChI is InChI=1S/C15H17N5OS/c1-2-8-16-13(21)11-22-15-18-17-14-19(9-10-20(14)15)12-6-4-3-5-7-12/h2-7H,1,8-11H2,(H,16,21). The van der Waals surface area contributed by atoms with E-state index in [-0.39, 0.29) is 5.91 Å². The van der Waals surface area contributed by atoms with Crippen molar-refractivity contribution in [3.8, 4) is 0 Å². The predicted octanol–water partition coefficient (Wildman–Crippen LogP) is 1.82. The molecular weight excluding hydrogens is 298 g/mol. The molecule has 0 unspecified atom stereocenters. The maximum absolute atomic E-state index is 11.6. The number of amides is 1. The molecule has 0 aliphatic carbocycles. The second-order valence-corrected chi connectivity index (χ2v) is 5.75. The van der Waals surface area contributed by atoms with Gasteiger partial charge in [0.25, 0.3) is 0 Å². The summed E-state index contributed by atoms with van der Waals surface area (Å²) in [6.07, 6.45) is 1.66. The molecule has 1 aromatic heterocycles. The van der Waals surface area contributed by atoms with Crippen LogP contribution in [0.1, 0.15) is 0 Å². The molecule has 0 saturated heterocycles. The van der Waals surface area contributed by atoms with Crippen LogP contribution in [-0.2, 0) is 11.3 Å². The molecule has 7 heteroatoms. The summed E-state index contributed by atoms with van der Waals surface area (Å²) in [6, 6.07) is 10.1. The molecule has 3 rings (SSSR count). The Morgan fingerprint density at radius 3 is 2.91 bits per heavy atom. The lowest BCUT2D eigenvalue weighted by Gasteiger charge is -2.14. The number of aromatic nitrogens is 3. The van der Waals surface area contributed by atoms with E-state index in [1.54, 1.807) is 6.08 Å². The fraction of sp³-hybridized carbons (Fsp3) is 0.267. The number of nitrogens with one attached hydrogen (secondary N) is 1. The van der Waals surface area contributed by atoms with Crippen LogP contribution in [0.5, 0.6) is 0 Å². The van der Waals surface area contributed by atoms with Gasteiger partial charge in [-0.1, -0.05) is 36.0 Å². The van der Waals surface area contributed by atoms with E-state index in [1.165, 1.54) is 11.8 Å². The molecule has 0 atom stereocenters. The van der Waals surface area contributed by atoms with Crippen LogP contribution in [0, 0.1) is 0 Å². The first-order chi connectivity index (χ1) is 10.8. The summed E-state index contributed by atoms with van der Waals surface area (Å²) in [5.74, 6) is 1.14. The third-order valence-electron chi connectivity index (χ3n) is 3.33. The fourth-order valence-corrected chi connectivity index (χ4v) is 3.09. The van der Waals surface area contributed by atoms with Gasteiger partial charge in [-0.3, -0.25) is 9.36 Å². The minimum Gasteiger partial charge on any atom is -0.352 e. The molecule has 0 bridgehead atoms. The topological polar surface area (TPSA) is 63.1 Å². The highest BCUT2D eigenvalue weighted by molar-refractivity contribution is 7.99. The molecule has 1 aliphatic rings. The van der Waals surface area contributed by atoms with Gasteiger partial charge in [0.05, 0.1) is 5.75 Å². The first-order valence-corrected chi connectivity index (χ1v) is 8.04. The van der Waals surface area contributed by atoms with Crippen molar-refractivity contribution in [3.63, 3.8) is 0 Å². The van der Waals surface area contributed by atoms with Crippen LogP contribution in [0.25, 0.3) is 0 Å². The third kappa shape index (κ3) is 2.99. The Balaban J connectivity index is 1.68. The first-order valence-electron chi connectivity index (χ1n) is 7.06. The number of nitrogens with zero attached hydrogens (tertiary/aromatic N) is 4. The van der Waals surface area contributed by atoms with E-state index in [4.69, 9.17) is 0 Å². The van der Waals surface area contributed by atoms with E-state index in [2.05, 4.69) is 43.7 Å². The van der Waals surface area contributed by atoms with Crippen LogP contribution in [-0.4, -0.2) is 39.5 Å². The minimum atomic E-state index is -0.0276. The molecule has 22 heavy (non-hydrogen) atoms. The summed E-state index contributed by atoms with van der Waals surface area (Å²) in [4.78, 5) is 13.8. The largest absolute Gasteiger partial charge is 0.352 e. The van der Waals surface area contributed by atoms with E-state index in [0.29, 0.717) is 12.3 Å². The zero-order valence-corrected chi connectivity index (χ0v) is 12.9. The molecule has 2 aromatic rings. The van der Waals surface area contributed by atoms with Crippen LogP contribution in [0.15, 0.2) is 48.1 Å². The van der Waals surface area contributed by atoms with Crippen molar-refractivity contribution >= 4 is 29.3 Å². The minimum absolute atomic E-state index is 0.0276. The molecule has 1 aromatic carbocycles. The Morgan fingerprint density at radius 2 is 2.14 bits per heavy atom. The van der Waals surface area contributed by atoms with Crippen LogP contribution in [0.3, 0.4) is 0 Å². The van der Waals surface area contributed by atoms with Gasteiger partial charge in [0.1, 0.15) is 0 Å². The van der Waals surface area contributed by atoms with E-state index >= 15 is 0 Å². The number of rotatable bonds is 6.